The highest BCUT2D eigenvalue weighted by Crippen LogP contribution is 2.40. The summed E-state index contributed by atoms with van der Waals surface area (Å²) >= 11 is 0. The molecule has 0 saturated carbocycles. The van der Waals surface area contributed by atoms with E-state index < -0.39 is 18.5 Å². The highest BCUT2D eigenvalue weighted by molar-refractivity contribution is 5.77. The Hall–Kier alpha value is -0.790. The molecule has 0 bridgehead atoms. The summed E-state index contributed by atoms with van der Waals surface area (Å²) in [6.07, 6.45) is 3.49. The van der Waals surface area contributed by atoms with E-state index in [-0.39, 0.29) is 36.8 Å². The van der Waals surface area contributed by atoms with E-state index in [1.165, 1.54) is 4.90 Å². The smallest absolute Gasteiger partial charge is 0.266 e. The minimum Gasteiger partial charge on any atom is -0.381 e. The second kappa shape index (κ2) is 6.61. The molecule has 3 aliphatic rings. The first-order chi connectivity index (χ1) is 10.9. The lowest BCUT2D eigenvalue weighted by Crippen LogP contribution is -2.55. The lowest BCUT2D eigenvalue weighted by molar-refractivity contribution is -0.151. The summed E-state index contributed by atoms with van der Waals surface area (Å²) in [5.74, 6) is -3.15. The largest absolute Gasteiger partial charge is 0.381 e. The Morgan fingerprint density at radius 1 is 1.26 bits per heavy atom. The molecular formula is C16H26F2N2O3. The van der Waals surface area contributed by atoms with Gasteiger partial charge >= 0.3 is 0 Å². The Morgan fingerprint density at radius 2 is 2.00 bits per heavy atom. The van der Waals surface area contributed by atoms with Crippen molar-refractivity contribution in [2.75, 3.05) is 32.9 Å². The molecular weight excluding hydrogens is 306 g/mol. The maximum Gasteiger partial charge on any atom is 0.266 e. The van der Waals surface area contributed by atoms with Crippen LogP contribution in [0.5, 0.6) is 0 Å². The minimum atomic E-state index is -2.88. The molecule has 3 rings (SSSR count). The predicted octanol–water partition coefficient (Wildman–Crippen LogP) is 1.55. The molecule has 0 aromatic carbocycles. The van der Waals surface area contributed by atoms with Gasteiger partial charge in [-0.05, 0) is 31.1 Å². The van der Waals surface area contributed by atoms with Gasteiger partial charge in [-0.15, -0.1) is 0 Å². The molecule has 3 aliphatic heterocycles. The van der Waals surface area contributed by atoms with E-state index >= 15 is 0 Å². The van der Waals surface area contributed by atoms with Gasteiger partial charge in [0.1, 0.15) is 0 Å². The van der Waals surface area contributed by atoms with Gasteiger partial charge in [0.05, 0.1) is 25.7 Å². The number of halogens is 2. The van der Waals surface area contributed by atoms with Gasteiger partial charge in [0.15, 0.2) is 0 Å². The van der Waals surface area contributed by atoms with Crippen LogP contribution >= 0.6 is 0 Å². The van der Waals surface area contributed by atoms with Gasteiger partial charge in [-0.25, -0.2) is 8.78 Å². The second-order valence-electron chi connectivity index (χ2n) is 7.38. The molecule has 3 saturated heterocycles. The van der Waals surface area contributed by atoms with Crippen LogP contribution in [0.4, 0.5) is 8.78 Å². The molecule has 0 aromatic heterocycles. The normalized spacial score (nSPS) is 33.6. The third kappa shape index (κ3) is 4.19. The van der Waals surface area contributed by atoms with Crippen LogP contribution in [0.15, 0.2) is 0 Å². The Morgan fingerprint density at radius 3 is 2.61 bits per heavy atom. The zero-order chi connectivity index (χ0) is 16.5. The molecule has 3 fully saturated rings. The molecule has 0 radical (unpaired) electrons. The van der Waals surface area contributed by atoms with Crippen molar-refractivity contribution in [3.8, 4) is 0 Å². The number of likely N-dealkylation sites (tertiary alicyclic amines) is 1. The van der Waals surface area contributed by atoms with Crippen LogP contribution in [-0.2, 0) is 14.3 Å². The molecule has 23 heavy (non-hydrogen) atoms. The second-order valence-corrected chi connectivity index (χ2v) is 7.38. The number of piperidine rings is 1. The maximum atomic E-state index is 13.6. The fraction of sp³-hybridized carbons (Fsp3) is 0.938. The van der Waals surface area contributed by atoms with Crippen LogP contribution < -0.4 is 5.73 Å². The molecule has 2 atom stereocenters. The number of hydrogen-bond donors (Lipinski definition) is 1. The summed E-state index contributed by atoms with van der Waals surface area (Å²) in [4.78, 5) is 13.5. The summed E-state index contributed by atoms with van der Waals surface area (Å²) in [6.45, 7) is 1.88. The Balaban J connectivity index is 1.49. The average molecular weight is 332 g/mol. The van der Waals surface area contributed by atoms with Crippen molar-refractivity contribution in [3.05, 3.63) is 0 Å². The highest BCUT2D eigenvalue weighted by atomic mass is 19.3. The van der Waals surface area contributed by atoms with Gasteiger partial charge in [0.25, 0.3) is 5.92 Å². The first kappa shape index (κ1) is 17.0. The fourth-order valence-corrected chi connectivity index (χ4v) is 3.93. The summed E-state index contributed by atoms with van der Waals surface area (Å²) < 4.78 is 38.4. The van der Waals surface area contributed by atoms with Crippen molar-refractivity contribution in [1.29, 1.82) is 0 Å². The lowest BCUT2D eigenvalue weighted by Gasteiger charge is -2.43. The molecule has 5 nitrogen and oxygen atoms in total. The van der Waals surface area contributed by atoms with Crippen LogP contribution in [0.3, 0.4) is 0 Å². The quantitative estimate of drug-likeness (QED) is 0.833. The van der Waals surface area contributed by atoms with Crippen molar-refractivity contribution in [1.82, 2.24) is 4.90 Å². The van der Waals surface area contributed by atoms with Gasteiger partial charge < -0.3 is 20.1 Å². The molecule has 2 N–H and O–H groups in total. The number of alkyl halides is 2. The zero-order valence-electron chi connectivity index (χ0n) is 13.4. The van der Waals surface area contributed by atoms with Gasteiger partial charge in [-0.2, -0.15) is 0 Å². The Labute approximate surface area is 135 Å². The van der Waals surface area contributed by atoms with Crippen molar-refractivity contribution in [2.24, 2.45) is 11.1 Å². The van der Waals surface area contributed by atoms with Gasteiger partial charge in [0, 0.05) is 32.2 Å². The molecule has 1 amide bonds. The number of carbonyl (C=O) groups is 1. The topological polar surface area (TPSA) is 64.8 Å². The van der Waals surface area contributed by atoms with E-state index in [9.17, 15) is 13.6 Å². The van der Waals surface area contributed by atoms with E-state index in [1.807, 2.05) is 0 Å². The van der Waals surface area contributed by atoms with Crippen molar-refractivity contribution in [2.45, 2.75) is 56.6 Å². The number of ether oxygens (including phenoxy) is 2. The van der Waals surface area contributed by atoms with Crippen molar-refractivity contribution in [3.63, 3.8) is 0 Å². The SMILES string of the molecule is NC1CN(C(=O)CC2CCC3(CCOCC3)CO2)CC(F)(F)C1. The standard InChI is InChI=1S/C16H26F2N2O3/c17-16(18)8-12(19)9-20(10-16)14(21)7-13-1-2-15(11-23-13)3-5-22-6-4-15/h12-13H,1-11,19H2. The average Bonchev–Trinajstić information content (AvgIpc) is 2.49. The van der Waals surface area contributed by atoms with E-state index in [1.54, 1.807) is 0 Å². The van der Waals surface area contributed by atoms with E-state index in [4.69, 9.17) is 15.2 Å². The zero-order valence-corrected chi connectivity index (χ0v) is 13.4. The summed E-state index contributed by atoms with van der Waals surface area (Å²) in [5.41, 5.74) is 5.84. The molecule has 132 valence electrons. The Bertz CT molecular complexity index is 431. The molecule has 0 aromatic rings. The maximum absolute atomic E-state index is 13.6. The number of carbonyl (C=O) groups excluding carboxylic acids is 1. The van der Waals surface area contributed by atoms with E-state index in [2.05, 4.69) is 0 Å². The molecule has 7 heteroatoms. The fourth-order valence-electron chi connectivity index (χ4n) is 3.93. The monoisotopic (exact) mass is 332 g/mol. The van der Waals surface area contributed by atoms with Crippen molar-refractivity contribution >= 4 is 5.91 Å². The number of nitrogens with zero attached hydrogens (tertiary/aromatic N) is 1. The number of rotatable bonds is 2. The van der Waals surface area contributed by atoms with Gasteiger partial charge in [-0.1, -0.05) is 0 Å². The van der Waals surface area contributed by atoms with Gasteiger partial charge in [-0.3, -0.25) is 4.79 Å². The van der Waals surface area contributed by atoms with Crippen LogP contribution in [0, 0.1) is 5.41 Å². The third-order valence-electron chi connectivity index (χ3n) is 5.37. The van der Waals surface area contributed by atoms with Crippen LogP contribution in [0.1, 0.15) is 38.5 Å². The Kier molecular flexibility index (Phi) is 4.90. The predicted molar refractivity (Wildman–Crippen MR) is 80.2 cm³/mol. The third-order valence-corrected chi connectivity index (χ3v) is 5.37. The van der Waals surface area contributed by atoms with Gasteiger partial charge in [0.2, 0.25) is 5.91 Å². The first-order valence-electron chi connectivity index (χ1n) is 8.48. The van der Waals surface area contributed by atoms with Crippen LogP contribution in [0.2, 0.25) is 0 Å². The molecule has 0 aliphatic carbocycles. The molecule has 1 spiro atoms. The number of nitrogens with two attached hydrogens (primary N) is 1. The van der Waals surface area contributed by atoms with E-state index in [0.29, 0.717) is 6.61 Å². The van der Waals surface area contributed by atoms with E-state index in [0.717, 1.165) is 38.9 Å². The number of hydrogen-bond acceptors (Lipinski definition) is 4. The van der Waals surface area contributed by atoms with Crippen molar-refractivity contribution < 1.29 is 23.0 Å². The van der Waals surface area contributed by atoms with Crippen LogP contribution in [-0.4, -0.2) is 61.8 Å². The number of amides is 1. The minimum absolute atomic E-state index is 0.164. The highest BCUT2D eigenvalue weighted by Gasteiger charge is 2.42. The molecule has 2 unspecified atom stereocenters. The first-order valence-corrected chi connectivity index (χ1v) is 8.48. The lowest BCUT2D eigenvalue weighted by atomic mass is 9.75. The van der Waals surface area contributed by atoms with Crippen LogP contribution in [0.25, 0.3) is 0 Å². The summed E-state index contributed by atoms with van der Waals surface area (Å²) in [6, 6.07) is -0.652. The summed E-state index contributed by atoms with van der Waals surface area (Å²) in [5, 5.41) is 0. The summed E-state index contributed by atoms with van der Waals surface area (Å²) in [7, 11) is 0. The molecule has 3 heterocycles.